The van der Waals surface area contributed by atoms with Crippen molar-refractivity contribution in [3.63, 3.8) is 0 Å². The first-order valence-electron chi connectivity index (χ1n) is 8.56. The first-order valence-corrected chi connectivity index (χ1v) is 9.99. The van der Waals surface area contributed by atoms with E-state index in [2.05, 4.69) is 58.8 Å². The third kappa shape index (κ3) is 6.25. The number of halogens is 2. The minimum atomic E-state index is 0. The van der Waals surface area contributed by atoms with Gasteiger partial charge in [0.2, 0.25) is 5.89 Å². The highest BCUT2D eigenvalue weighted by Gasteiger charge is 2.17. The van der Waals surface area contributed by atoms with Crippen molar-refractivity contribution in [2.24, 2.45) is 0 Å². The van der Waals surface area contributed by atoms with Gasteiger partial charge >= 0.3 is 0 Å². The molecule has 27 heavy (non-hydrogen) atoms. The first-order chi connectivity index (χ1) is 12.7. The van der Waals surface area contributed by atoms with Gasteiger partial charge in [0.15, 0.2) is 5.82 Å². The Kier molecular flexibility index (Phi) is 8.64. The maximum absolute atomic E-state index is 6.05. The van der Waals surface area contributed by atoms with Crippen LogP contribution in [0, 0.1) is 0 Å². The molecule has 0 bridgehead atoms. The van der Waals surface area contributed by atoms with Crippen LogP contribution in [0.1, 0.15) is 35.0 Å². The molecular weight excluding hydrogens is 401 g/mol. The zero-order valence-electron chi connectivity index (χ0n) is 15.3. The molecule has 3 rings (SSSR count). The molecule has 2 unspecified atom stereocenters. The van der Waals surface area contributed by atoms with Gasteiger partial charge < -0.3 is 9.84 Å². The molecule has 1 aromatic heterocycles. The maximum atomic E-state index is 6.05. The van der Waals surface area contributed by atoms with Gasteiger partial charge in [0.05, 0.1) is 11.0 Å². The van der Waals surface area contributed by atoms with Crippen molar-refractivity contribution in [3.8, 4) is 0 Å². The van der Waals surface area contributed by atoms with E-state index in [1.54, 1.807) is 11.8 Å². The van der Waals surface area contributed by atoms with E-state index in [4.69, 9.17) is 16.1 Å². The average Bonchev–Trinajstić information content (AvgIpc) is 3.11. The molecule has 0 aliphatic rings. The van der Waals surface area contributed by atoms with Gasteiger partial charge in [-0.2, -0.15) is 4.98 Å². The zero-order chi connectivity index (χ0) is 18.4. The minimum Gasteiger partial charge on any atom is -0.338 e. The topological polar surface area (TPSA) is 51.0 Å². The molecule has 1 heterocycles. The van der Waals surface area contributed by atoms with Crippen LogP contribution in [0.2, 0.25) is 5.02 Å². The molecule has 4 nitrogen and oxygen atoms in total. The van der Waals surface area contributed by atoms with Crippen molar-refractivity contribution in [3.05, 3.63) is 82.5 Å². The van der Waals surface area contributed by atoms with Gasteiger partial charge in [-0.1, -0.05) is 59.2 Å². The number of hydrogen-bond acceptors (Lipinski definition) is 5. The largest absolute Gasteiger partial charge is 0.338 e. The summed E-state index contributed by atoms with van der Waals surface area (Å²) in [6.07, 6.45) is 0.754. The Hall–Kier alpha value is -1.53. The molecule has 0 amide bonds. The lowest BCUT2D eigenvalue weighted by atomic mass is 10.0. The van der Waals surface area contributed by atoms with Crippen LogP contribution in [-0.4, -0.2) is 23.2 Å². The van der Waals surface area contributed by atoms with Gasteiger partial charge in [-0.25, -0.2) is 0 Å². The Morgan fingerprint density at radius 2 is 1.74 bits per heavy atom. The average molecular weight is 424 g/mol. The molecule has 144 valence electrons. The van der Waals surface area contributed by atoms with Crippen molar-refractivity contribution in [1.82, 2.24) is 15.5 Å². The Morgan fingerprint density at radius 1 is 1.07 bits per heavy atom. The van der Waals surface area contributed by atoms with E-state index in [1.165, 1.54) is 11.1 Å². The minimum absolute atomic E-state index is 0. The van der Waals surface area contributed by atoms with Crippen LogP contribution < -0.4 is 5.32 Å². The molecule has 0 spiro atoms. The summed E-state index contributed by atoms with van der Waals surface area (Å²) in [4.78, 5) is 4.51. The number of aromatic nitrogens is 2. The number of thioether (sulfide) groups is 1. The highest BCUT2D eigenvalue weighted by Crippen LogP contribution is 2.37. The number of benzene rings is 2. The number of hydrogen-bond donors (Lipinski definition) is 1. The lowest BCUT2D eigenvalue weighted by molar-refractivity contribution is 0.382. The molecule has 3 aromatic rings. The van der Waals surface area contributed by atoms with Crippen LogP contribution in [-0.2, 0) is 12.2 Å². The van der Waals surface area contributed by atoms with Crippen LogP contribution >= 0.6 is 35.8 Å². The fourth-order valence-electron chi connectivity index (χ4n) is 2.61. The van der Waals surface area contributed by atoms with E-state index in [0.717, 1.165) is 17.3 Å². The Balaban J connectivity index is 0.00000261. The monoisotopic (exact) mass is 423 g/mol. The van der Waals surface area contributed by atoms with Crippen molar-refractivity contribution in [2.75, 3.05) is 7.05 Å². The summed E-state index contributed by atoms with van der Waals surface area (Å²) in [5.41, 5.74) is 2.44. The third-order valence-corrected chi connectivity index (χ3v) is 5.68. The van der Waals surface area contributed by atoms with Gasteiger partial charge in [-0.05, 0) is 37.2 Å². The quantitative estimate of drug-likeness (QED) is 0.531. The molecular formula is C20H23Cl2N3OS. The van der Waals surface area contributed by atoms with Crippen molar-refractivity contribution < 1.29 is 4.52 Å². The van der Waals surface area contributed by atoms with Crippen LogP contribution in [0.4, 0.5) is 0 Å². The second kappa shape index (κ2) is 10.7. The molecule has 0 radical (unpaired) electrons. The normalized spacial score (nSPS) is 13.0. The van der Waals surface area contributed by atoms with Gasteiger partial charge in [-0.15, -0.1) is 24.2 Å². The molecule has 0 fully saturated rings. The van der Waals surface area contributed by atoms with Crippen molar-refractivity contribution >= 4 is 35.8 Å². The standard InChI is InChI=1S/C20H22ClN3OS.ClH/c1-14(22-2)12-18-23-19(25-24-18)13-26-20(15-6-4-3-5-7-15)16-8-10-17(21)11-9-16;/h3-11,14,20,22H,12-13H2,1-2H3;1H. The summed E-state index contributed by atoms with van der Waals surface area (Å²) in [6, 6.07) is 18.7. The van der Waals surface area contributed by atoms with Crippen molar-refractivity contribution in [2.45, 2.75) is 30.4 Å². The highest BCUT2D eigenvalue weighted by molar-refractivity contribution is 7.98. The van der Waals surface area contributed by atoms with E-state index in [1.807, 2.05) is 25.2 Å². The number of nitrogens with one attached hydrogen (secondary N) is 1. The molecule has 0 aliphatic carbocycles. The number of nitrogens with zero attached hydrogens (tertiary/aromatic N) is 2. The molecule has 0 saturated heterocycles. The number of rotatable bonds is 8. The smallest absolute Gasteiger partial charge is 0.236 e. The maximum Gasteiger partial charge on any atom is 0.236 e. The van der Waals surface area contributed by atoms with E-state index >= 15 is 0 Å². The van der Waals surface area contributed by atoms with Crippen LogP contribution in [0.15, 0.2) is 59.1 Å². The predicted molar refractivity (Wildman–Crippen MR) is 115 cm³/mol. The Morgan fingerprint density at radius 3 is 2.41 bits per heavy atom. The van der Waals surface area contributed by atoms with Gasteiger partial charge in [0.1, 0.15) is 0 Å². The Labute approximate surface area is 175 Å². The summed E-state index contributed by atoms with van der Waals surface area (Å²) < 4.78 is 5.42. The first kappa shape index (κ1) is 21.8. The van der Waals surface area contributed by atoms with Crippen LogP contribution in [0.25, 0.3) is 0 Å². The summed E-state index contributed by atoms with van der Waals surface area (Å²) in [6.45, 7) is 2.09. The molecule has 0 aliphatic heterocycles. The predicted octanol–water partition coefficient (Wildman–Crippen LogP) is 5.32. The second-order valence-electron chi connectivity index (χ2n) is 6.15. The highest BCUT2D eigenvalue weighted by atomic mass is 35.5. The summed E-state index contributed by atoms with van der Waals surface area (Å²) in [7, 11) is 1.93. The lowest BCUT2D eigenvalue weighted by Crippen LogP contribution is -2.24. The summed E-state index contributed by atoms with van der Waals surface area (Å²) in [5.74, 6) is 2.05. The molecule has 7 heteroatoms. The summed E-state index contributed by atoms with van der Waals surface area (Å²) in [5, 5.41) is 8.19. The van der Waals surface area contributed by atoms with Gasteiger partial charge in [0, 0.05) is 17.5 Å². The van der Waals surface area contributed by atoms with Crippen LogP contribution in [0.5, 0.6) is 0 Å². The SMILES string of the molecule is CNC(C)Cc1noc(CSC(c2ccccc2)c2ccc(Cl)cc2)n1.Cl. The fourth-order valence-corrected chi connectivity index (χ4v) is 3.86. The summed E-state index contributed by atoms with van der Waals surface area (Å²) >= 11 is 7.82. The van der Waals surface area contributed by atoms with E-state index in [-0.39, 0.29) is 17.7 Å². The fraction of sp³-hybridized carbons (Fsp3) is 0.300. The van der Waals surface area contributed by atoms with Gasteiger partial charge in [-0.3, -0.25) is 0 Å². The number of likely N-dealkylation sites (N-methyl/N-ethyl adjacent to an activating group) is 1. The van der Waals surface area contributed by atoms with E-state index < -0.39 is 0 Å². The third-order valence-electron chi connectivity index (χ3n) is 4.14. The second-order valence-corrected chi connectivity index (χ2v) is 7.68. The van der Waals surface area contributed by atoms with Crippen LogP contribution in [0.3, 0.4) is 0 Å². The molecule has 1 N–H and O–H groups in total. The van der Waals surface area contributed by atoms with Gasteiger partial charge in [0.25, 0.3) is 0 Å². The zero-order valence-corrected chi connectivity index (χ0v) is 17.7. The van der Waals surface area contributed by atoms with E-state index in [9.17, 15) is 0 Å². The molecule has 0 saturated carbocycles. The molecule has 2 atom stereocenters. The lowest BCUT2D eigenvalue weighted by Gasteiger charge is -2.17. The molecule has 2 aromatic carbocycles. The van der Waals surface area contributed by atoms with E-state index in [0.29, 0.717) is 17.7 Å². The Bertz CT molecular complexity index is 812. The van der Waals surface area contributed by atoms with Crippen molar-refractivity contribution in [1.29, 1.82) is 0 Å².